The molecule has 0 saturated heterocycles. The van der Waals surface area contributed by atoms with E-state index in [0.29, 0.717) is 6.61 Å². The zero-order valence-electron chi connectivity index (χ0n) is 16.3. The molecule has 0 rings (SSSR count). The Morgan fingerprint density at radius 3 is 1.54 bits per heavy atom. The van der Waals surface area contributed by atoms with Crippen molar-refractivity contribution in [2.24, 2.45) is 0 Å². The zero-order chi connectivity index (χ0) is 18.1. The minimum absolute atomic E-state index is 0.285. The van der Waals surface area contributed by atoms with Crippen LogP contribution in [-0.4, -0.2) is 18.1 Å². The van der Waals surface area contributed by atoms with Crippen LogP contribution < -0.4 is 4.84 Å². The minimum Gasteiger partial charge on any atom is -0.464 e. The lowest BCUT2D eigenvalue weighted by molar-refractivity contribution is -0.149. The van der Waals surface area contributed by atoms with Crippen LogP contribution in [0, 0.1) is 0 Å². The van der Waals surface area contributed by atoms with E-state index in [1.165, 1.54) is 77.0 Å². The minimum atomic E-state index is -0.808. The van der Waals surface area contributed by atoms with Gasteiger partial charge in [0.1, 0.15) is 5.54 Å². The first-order valence-corrected chi connectivity index (χ1v) is 10.5. The summed E-state index contributed by atoms with van der Waals surface area (Å²) in [5.41, 5.74) is -0.808. The van der Waals surface area contributed by atoms with E-state index in [1.807, 2.05) is 0 Å². The van der Waals surface area contributed by atoms with Gasteiger partial charge in [-0.2, -0.15) is 0 Å². The molecule has 0 atom stereocenters. The summed E-state index contributed by atoms with van der Waals surface area (Å²) in [4.78, 5) is 14.1. The van der Waals surface area contributed by atoms with Crippen molar-refractivity contribution in [3.8, 4) is 0 Å². The molecule has 0 radical (unpaired) electrons. The van der Waals surface area contributed by atoms with E-state index in [1.54, 1.807) is 13.8 Å². The Kier molecular flexibility index (Phi) is 16.0. The number of hydrogen-bond acceptors (Lipinski definition) is 3. The van der Waals surface area contributed by atoms with Crippen molar-refractivity contribution in [2.75, 3.05) is 6.61 Å². The highest BCUT2D eigenvalue weighted by molar-refractivity contribution is 6.15. The smallest absolute Gasteiger partial charge is 0.326 e. The highest BCUT2D eigenvalue weighted by Crippen LogP contribution is 2.13. The number of carbonyl (C=O) groups is 1. The first-order chi connectivity index (χ1) is 11.5. The van der Waals surface area contributed by atoms with Crippen molar-refractivity contribution in [1.29, 1.82) is 0 Å². The topological polar surface area (TPSA) is 38.3 Å². The standard InChI is InChI=1S/C20H40ClNO2/c1-4-5-6-7-8-9-10-11-12-13-14-15-16-17-18-24-19(23)20(2,3)22-21/h22H,4-18H2,1-3H3. The summed E-state index contributed by atoms with van der Waals surface area (Å²) in [6, 6.07) is 0. The first kappa shape index (κ1) is 23.7. The first-order valence-electron chi connectivity index (χ1n) is 10.1. The fraction of sp³-hybridized carbons (Fsp3) is 0.950. The Balaban J connectivity index is 3.19. The second-order valence-corrected chi connectivity index (χ2v) is 7.64. The number of halogens is 1. The molecule has 0 bridgehead atoms. The molecule has 1 N–H and O–H groups in total. The van der Waals surface area contributed by atoms with Crippen molar-refractivity contribution < 1.29 is 9.53 Å². The molecule has 0 aromatic rings. The fourth-order valence-corrected chi connectivity index (χ4v) is 2.76. The number of hydrogen-bond donors (Lipinski definition) is 1. The molecule has 0 heterocycles. The average Bonchev–Trinajstić information content (AvgIpc) is 2.58. The number of ether oxygens (including phenoxy) is 1. The van der Waals surface area contributed by atoms with Gasteiger partial charge in [-0.1, -0.05) is 90.4 Å². The maximum absolute atomic E-state index is 11.7. The number of rotatable bonds is 17. The van der Waals surface area contributed by atoms with E-state index in [0.717, 1.165) is 12.8 Å². The molecule has 0 unspecified atom stereocenters. The highest BCUT2D eigenvalue weighted by Gasteiger charge is 2.27. The van der Waals surface area contributed by atoms with Crippen LogP contribution in [0.4, 0.5) is 0 Å². The van der Waals surface area contributed by atoms with Crippen LogP contribution in [-0.2, 0) is 9.53 Å². The van der Waals surface area contributed by atoms with Gasteiger partial charge in [0, 0.05) is 0 Å². The van der Waals surface area contributed by atoms with E-state index >= 15 is 0 Å². The molecule has 0 aliphatic heterocycles. The second-order valence-electron chi connectivity index (χ2n) is 7.45. The normalized spacial score (nSPS) is 11.7. The zero-order valence-corrected chi connectivity index (χ0v) is 17.1. The van der Waals surface area contributed by atoms with Crippen molar-refractivity contribution in [3.63, 3.8) is 0 Å². The molecule has 0 spiro atoms. The Labute approximate surface area is 155 Å². The van der Waals surface area contributed by atoms with Gasteiger partial charge in [0.25, 0.3) is 0 Å². The lowest BCUT2D eigenvalue weighted by Gasteiger charge is -2.19. The third-order valence-corrected chi connectivity index (χ3v) is 4.95. The molecule has 3 nitrogen and oxygen atoms in total. The Morgan fingerprint density at radius 1 is 0.792 bits per heavy atom. The predicted octanol–water partition coefficient (Wildman–Crippen LogP) is 6.53. The van der Waals surface area contributed by atoms with Crippen molar-refractivity contribution >= 4 is 17.7 Å². The molecule has 24 heavy (non-hydrogen) atoms. The molecule has 144 valence electrons. The lowest BCUT2D eigenvalue weighted by Crippen LogP contribution is -2.43. The predicted molar refractivity (Wildman–Crippen MR) is 104 cm³/mol. The number of nitrogens with one attached hydrogen (secondary N) is 1. The van der Waals surface area contributed by atoms with Gasteiger partial charge < -0.3 is 4.74 Å². The quantitative estimate of drug-likeness (QED) is 0.182. The summed E-state index contributed by atoms with van der Waals surface area (Å²) < 4.78 is 5.22. The number of esters is 1. The van der Waals surface area contributed by atoms with Crippen LogP contribution in [0.5, 0.6) is 0 Å². The Morgan fingerprint density at radius 2 is 1.17 bits per heavy atom. The third-order valence-electron chi connectivity index (χ3n) is 4.48. The third kappa shape index (κ3) is 14.1. The van der Waals surface area contributed by atoms with Gasteiger partial charge in [-0.3, -0.25) is 4.79 Å². The summed E-state index contributed by atoms with van der Waals surface area (Å²) >= 11 is 5.51. The maximum Gasteiger partial charge on any atom is 0.326 e. The van der Waals surface area contributed by atoms with E-state index in [4.69, 9.17) is 16.5 Å². The van der Waals surface area contributed by atoms with Gasteiger partial charge in [0.05, 0.1) is 6.61 Å². The molecule has 0 aromatic heterocycles. The van der Waals surface area contributed by atoms with E-state index in [-0.39, 0.29) is 5.97 Å². The van der Waals surface area contributed by atoms with Crippen LogP contribution in [0.25, 0.3) is 0 Å². The van der Waals surface area contributed by atoms with E-state index in [2.05, 4.69) is 11.8 Å². The lowest BCUT2D eigenvalue weighted by atomic mass is 10.0. The van der Waals surface area contributed by atoms with Gasteiger partial charge in [0.2, 0.25) is 0 Å². The number of carbonyl (C=O) groups excluding carboxylic acids is 1. The van der Waals surface area contributed by atoms with Crippen molar-refractivity contribution in [2.45, 2.75) is 116 Å². The van der Waals surface area contributed by atoms with Crippen LogP contribution in [0.15, 0.2) is 0 Å². The van der Waals surface area contributed by atoms with Crippen LogP contribution in [0.2, 0.25) is 0 Å². The summed E-state index contributed by atoms with van der Waals surface area (Å²) in [7, 11) is 0. The second kappa shape index (κ2) is 16.2. The highest BCUT2D eigenvalue weighted by atomic mass is 35.5. The largest absolute Gasteiger partial charge is 0.464 e. The fourth-order valence-electron chi connectivity index (χ4n) is 2.68. The SMILES string of the molecule is CCCCCCCCCCCCCCCCOC(=O)C(C)(C)NCl. The van der Waals surface area contributed by atoms with Crippen LogP contribution in [0.1, 0.15) is 111 Å². The molecule has 0 aromatic carbocycles. The van der Waals surface area contributed by atoms with Gasteiger partial charge in [-0.05, 0) is 32.0 Å². The van der Waals surface area contributed by atoms with Crippen LogP contribution in [0.3, 0.4) is 0 Å². The van der Waals surface area contributed by atoms with Crippen molar-refractivity contribution in [3.05, 3.63) is 0 Å². The van der Waals surface area contributed by atoms with Crippen LogP contribution >= 0.6 is 11.8 Å². The Hall–Kier alpha value is -0.280. The molecule has 0 aliphatic rings. The average molecular weight is 362 g/mol. The molecule has 0 amide bonds. The molecule has 0 fully saturated rings. The summed E-state index contributed by atoms with van der Waals surface area (Å²) in [5.74, 6) is -0.285. The summed E-state index contributed by atoms with van der Waals surface area (Å²) in [6.45, 7) is 6.20. The monoisotopic (exact) mass is 361 g/mol. The molecular weight excluding hydrogens is 322 g/mol. The molecular formula is C20H40ClNO2. The van der Waals surface area contributed by atoms with Crippen molar-refractivity contribution in [1.82, 2.24) is 4.84 Å². The number of unbranched alkanes of at least 4 members (excludes halogenated alkanes) is 13. The van der Waals surface area contributed by atoms with Gasteiger partial charge in [0.15, 0.2) is 0 Å². The molecule has 0 saturated carbocycles. The van der Waals surface area contributed by atoms with Gasteiger partial charge >= 0.3 is 5.97 Å². The van der Waals surface area contributed by atoms with Gasteiger partial charge in [-0.15, -0.1) is 0 Å². The summed E-state index contributed by atoms with van der Waals surface area (Å²) in [5, 5.41) is 0. The molecule has 4 heteroatoms. The molecule has 0 aliphatic carbocycles. The summed E-state index contributed by atoms with van der Waals surface area (Å²) in [6.07, 6.45) is 18.6. The van der Waals surface area contributed by atoms with E-state index < -0.39 is 5.54 Å². The van der Waals surface area contributed by atoms with E-state index in [9.17, 15) is 4.79 Å². The Bertz CT molecular complexity index is 295. The maximum atomic E-state index is 11.7. The van der Waals surface area contributed by atoms with Gasteiger partial charge in [-0.25, -0.2) is 4.84 Å².